The quantitative estimate of drug-likeness (QED) is 0.678. The molecule has 1 saturated heterocycles. The summed E-state index contributed by atoms with van der Waals surface area (Å²) < 4.78 is 0.272. The molecule has 1 rings (SSSR count). The number of nitrogens with two attached hydrogens (primary N) is 1. The van der Waals surface area contributed by atoms with Crippen molar-refractivity contribution in [3.8, 4) is 0 Å². The Morgan fingerprint density at radius 1 is 1.67 bits per heavy atom. The molecule has 2 N–H and O–H groups in total. The zero-order valence-electron chi connectivity index (χ0n) is 7.67. The summed E-state index contributed by atoms with van der Waals surface area (Å²) in [6.07, 6.45) is 0. The molecule has 0 aromatic heterocycles. The van der Waals surface area contributed by atoms with Crippen molar-refractivity contribution in [2.24, 2.45) is 5.73 Å². The number of nitrogens with zero attached hydrogens (tertiary/aromatic N) is 1. The van der Waals surface area contributed by atoms with Gasteiger partial charge in [0.15, 0.2) is 0 Å². The minimum Gasteiger partial charge on any atom is -0.369 e. The fourth-order valence-electron chi connectivity index (χ4n) is 1.47. The third kappa shape index (κ3) is 3.03. The van der Waals surface area contributed by atoms with Gasteiger partial charge in [-0.15, -0.1) is 0 Å². The molecule has 12 heavy (non-hydrogen) atoms. The number of rotatable bonds is 2. The third-order valence-corrected chi connectivity index (χ3v) is 3.18. The summed E-state index contributed by atoms with van der Waals surface area (Å²) in [6, 6.07) is 0. The van der Waals surface area contributed by atoms with E-state index < -0.39 is 0 Å². The molecule has 3 nitrogen and oxygen atoms in total. The summed E-state index contributed by atoms with van der Waals surface area (Å²) in [6.45, 7) is 6.75. The molecule has 0 bridgehead atoms. The van der Waals surface area contributed by atoms with Crippen LogP contribution >= 0.6 is 11.8 Å². The van der Waals surface area contributed by atoms with Gasteiger partial charge in [0.1, 0.15) is 0 Å². The monoisotopic (exact) mass is 188 g/mol. The van der Waals surface area contributed by atoms with Crippen LogP contribution in [-0.4, -0.2) is 40.9 Å². The summed E-state index contributed by atoms with van der Waals surface area (Å²) in [4.78, 5) is 12.8. The van der Waals surface area contributed by atoms with Gasteiger partial charge in [-0.1, -0.05) is 0 Å². The third-order valence-electron chi connectivity index (χ3n) is 1.88. The van der Waals surface area contributed by atoms with E-state index in [9.17, 15) is 4.79 Å². The van der Waals surface area contributed by atoms with E-state index in [2.05, 4.69) is 18.7 Å². The number of carbonyl (C=O) groups is 1. The highest BCUT2D eigenvalue weighted by Crippen LogP contribution is 2.28. The van der Waals surface area contributed by atoms with Crippen molar-refractivity contribution in [3.05, 3.63) is 0 Å². The molecule has 0 radical (unpaired) electrons. The van der Waals surface area contributed by atoms with Crippen molar-refractivity contribution >= 4 is 17.7 Å². The van der Waals surface area contributed by atoms with Crippen LogP contribution in [0.3, 0.4) is 0 Å². The minimum absolute atomic E-state index is 0.224. The smallest absolute Gasteiger partial charge is 0.231 e. The summed E-state index contributed by atoms with van der Waals surface area (Å²) in [7, 11) is 0. The predicted molar refractivity (Wildman–Crippen MR) is 52.2 cm³/mol. The first-order valence-electron chi connectivity index (χ1n) is 4.14. The van der Waals surface area contributed by atoms with Crippen LogP contribution in [0.5, 0.6) is 0 Å². The van der Waals surface area contributed by atoms with Crippen LogP contribution in [-0.2, 0) is 4.79 Å². The van der Waals surface area contributed by atoms with E-state index >= 15 is 0 Å². The number of amides is 1. The van der Waals surface area contributed by atoms with Crippen molar-refractivity contribution in [2.75, 3.05) is 25.4 Å². The molecule has 0 unspecified atom stereocenters. The highest BCUT2D eigenvalue weighted by atomic mass is 32.2. The van der Waals surface area contributed by atoms with E-state index in [-0.39, 0.29) is 10.7 Å². The summed E-state index contributed by atoms with van der Waals surface area (Å²) in [5, 5.41) is 0. The molecule has 4 heteroatoms. The molecular weight excluding hydrogens is 172 g/mol. The fourth-order valence-corrected chi connectivity index (χ4v) is 2.65. The highest BCUT2D eigenvalue weighted by molar-refractivity contribution is 8.00. The minimum atomic E-state index is -0.224. The lowest BCUT2D eigenvalue weighted by Gasteiger charge is -2.36. The summed E-state index contributed by atoms with van der Waals surface area (Å²) in [5.41, 5.74) is 5.12. The van der Waals surface area contributed by atoms with E-state index in [1.807, 2.05) is 11.8 Å². The van der Waals surface area contributed by atoms with Crippen LogP contribution in [0, 0.1) is 0 Å². The fraction of sp³-hybridized carbons (Fsp3) is 0.875. The first kappa shape index (κ1) is 9.86. The molecule has 0 aromatic carbocycles. The SMILES string of the molecule is CC1(C)CN(CC(N)=O)CCS1. The lowest BCUT2D eigenvalue weighted by atomic mass is 10.2. The first-order valence-corrected chi connectivity index (χ1v) is 5.13. The topological polar surface area (TPSA) is 46.3 Å². The maximum Gasteiger partial charge on any atom is 0.231 e. The molecule has 0 saturated carbocycles. The van der Waals surface area contributed by atoms with Crippen LogP contribution in [0.2, 0.25) is 0 Å². The molecule has 0 aromatic rings. The molecule has 1 aliphatic heterocycles. The van der Waals surface area contributed by atoms with Crippen LogP contribution in [0.15, 0.2) is 0 Å². The van der Waals surface area contributed by atoms with Gasteiger partial charge in [-0.2, -0.15) is 11.8 Å². The Kier molecular flexibility index (Phi) is 3.01. The normalized spacial score (nSPS) is 23.8. The average Bonchev–Trinajstić information content (AvgIpc) is 1.82. The second-order valence-corrected chi connectivity index (χ2v) is 5.59. The molecule has 70 valence electrons. The van der Waals surface area contributed by atoms with E-state index in [0.29, 0.717) is 6.54 Å². The number of thioether (sulfide) groups is 1. The number of hydrogen-bond acceptors (Lipinski definition) is 3. The maximum atomic E-state index is 10.7. The Morgan fingerprint density at radius 2 is 2.33 bits per heavy atom. The zero-order valence-corrected chi connectivity index (χ0v) is 8.49. The van der Waals surface area contributed by atoms with Gasteiger partial charge in [-0.05, 0) is 13.8 Å². The van der Waals surface area contributed by atoms with Gasteiger partial charge in [0.2, 0.25) is 5.91 Å². The van der Waals surface area contributed by atoms with E-state index in [1.54, 1.807) is 0 Å². The van der Waals surface area contributed by atoms with Gasteiger partial charge in [-0.25, -0.2) is 0 Å². The maximum absolute atomic E-state index is 10.7. The van der Waals surface area contributed by atoms with Gasteiger partial charge in [0, 0.05) is 23.6 Å². The second kappa shape index (κ2) is 3.66. The standard InChI is InChI=1S/C8H16N2OS/c1-8(2)6-10(3-4-12-8)5-7(9)11/h3-6H2,1-2H3,(H2,9,11). The summed E-state index contributed by atoms with van der Waals surface area (Å²) >= 11 is 1.96. The molecule has 0 atom stereocenters. The molecule has 1 aliphatic rings. The van der Waals surface area contributed by atoms with Gasteiger partial charge in [0.25, 0.3) is 0 Å². The van der Waals surface area contributed by atoms with Crippen LogP contribution in [0.25, 0.3) is 0 Å². The first-order chi connectivity index (χ1) is 5.49. The lowest BCUT2D eigenvalue weighted by molar-refractivity contribution is -0.119. The Morgan fingerprint density at radius 3 is 2.83 bits per heavy atom. The molecule has 0 aliphatic carbocycles. The Bertz CT molecular complexity index is 182. The van der Waals surface area contributed by atoms with Crippen molar-refractivity contribution in [3.63, 3.8) is 0 Å². The molecule has 1 heterocycles. The van der Waals surface area contributed by atoms with Crippen molar-refractivity contribution in [1.82, 2.24) is 4.90 Å². The summed E-state index contributed by atoms with van der Waals surface area (Å²) in [5.74, 6) is 0.873. The van der Waals surface area contributed by atoms with Crippen LogP contribution in [0.4, 0.5) is 0 Å². The van der Waals surface area contributed by atoms with Crippen LogP contribution in [0.1, 0.15) is 13.8 Å². The van der Waals surface area contributed by atoms with Crippen LogP contribution < -0.4 is 5.73 Å². The second-order valence-electron chi connectivity index (χ2n) is 3.79. The number of primary amides is 1. The average molecular weight is 188 g/mol. The number of hydrogen-bond donors (Lipinski definition) is 1. The van der Waals surface area contributed by atoms with Gasteiger partial charge >= 0.3 is 0 Å². The highest BCUT2D eigenvalue weighted by Gasteiger charge is 2.27. The Labute approximate surface area is 77.7 Å². The zero-order chi connectivity index (χ0) is 9.19. The number of carbonyl (C=O) groups excluding carboxylic acids is 1. The molecule has 0 spiro atoms. The van der Waals surface area contributed by atoms with Crippen molar-refractivity contribution in [1.29, 1.82) is 0 Å². The van der Waals surface area contributed by atoms with Gasteiger partial charge < -0.3 is 5.73 Å². The van der Waals surface area contributed by atoms with E-state index in [4.69, 9.17) is 5.73 Å². The van der Waals surface area contributed by atoms with E-state index in [0.717, 1.165) is 18.8 Å². The van der Waals surface area contributed by atoms with Crippen molar-refractivity contribution in [2.45, 2.75) is 18.6 Å². The predicted octanol–water partition coefficient (Wildman–Crippen LogP) is 0.299. The lowest BCUT2D eigenvalue weighted by Crippen LogP contribution is -2.46. The Balaban J connectivity index is 2.41. The van der Waals surface area contributed by atoms with Gasteiger partial charge in [0.05, 0.1) is 6.54 Å². The Hall–Kier alpha value is -0.220. The molecule has 1 amide bonds. The van der Waals surface area contributed by atoms with Gasteiger partial charge in [-0.3, -0.25) is 9.69 Å². The largest absolute Gasteiger partial charge is 0.369 e. The van der Waals surface area contributed by atoms with Crippen molar-refractivity contribution < 1.29 is 4.79 Å². The molecule has 1 fully saturated rings. The van der Waals surface area contributed by atoms with E-state index in [1.165, 1.54) is 0 Å². The molecular formula is C8H16N2OS.